The van der Waals surface area contributed by atoms with Crippen LogP contribution in [0.25, 0.3) is 0 Å². The predicted molar refractivity (Wildman–Crippen MR) is 106 cm³/mol. The van der Waals surface area contributed by atoms with Gasteiger partial charge in [0.1, 0.15) is 0 Å². The Hall–Kier alpha value is -2.14. The number of benzene rings is 1. The average molecular weight is 371 g/mol. The van der Waals surface area contributed by atoms with Gasteiger partial charge in [0.05, 0.1) is 6.42 Å². The molecular weight excluding hydrogens is 344 g/mol. The molecule has 4 nitrogen and oxygen atoms in total. The number of thiophene rings is 1. The second kappa shape index (κ2) is 8.49. The summed E-state index contributed by atoms with van der Waals surface area (Å²) < 4.78 is 0. The summed E-state index contributed by atoms with van der Waals surface area (Å²) >= 11 is 1.61. The van der Waals surface area contributed by atoms with Gasteiger partial charge in [0.2, 0.25) is 5.91 Å². The van der Waals surface area contributed by atoms with E-state index < -0.39 is 0 Å². The normalized spacial score (nSPS) is 15.2. The third kappa shape index (κ3) is 4.52. The van der Waals surface area contributed by atoms with Gasteiger partial charge in [-0.25, -0.2) is 0 Å². The van der Waals surface area contributed by atoms with Crippen LogP contribution in [0.5, 0.6) is 0 Å². The highest BCUT2D eigenvalue weighted by Gasteiger charge is 2.23. The molecule has 2 aromatic rings. The summed E-state index contributed by atoms with van der Waals surface area (Å²) in [6.45, 7) is 6.93. The van der Waals surface area contributed by atoms with Gasteiger partial charge < -0.3 is 9.80 Å². The lowest BCUT2D eigenvalue weighted by Gasteiger charge is -2.22. The summed E-state index contributed by atoms with van der Waals surface area (Å²) in [6.07, 6.45) is 1.29. The average Bonchev–Trinajstić information content (AvgIpc) is 3.02. The van der Waals surface area contributed by atoms with E-state index in [0.717, 1.165) is 23.4 Å². The third-order valence-electron chi connectivity index (χ3n) is 4.87. The lowest BCUT2D eigenvalue weighted by molar-refractivity contribution is -0.130. The highest BCUT2D eigenvalue weighted by molar-refractivity contribution is 7.10. The zero-order valence-electron chi connectivity index (χ0n) is 15.5. The second-order valence-corrected chi connectivity index (χ2v) is 8.09. The Balaban J connectivity index is 1.59. The molecule has 0 radical (unpaired) electrons. The molecule has 0 aliphatic carbocycles. The number of amides is 2. The topological polar surface area (TPSA) is 40.6 Å². The molecule has 1 aliphatic heterocycles. The van der Waals surface area contributed by atoms with Gasteiger partial charge in [-0.3, -0.25) is 9.59 Å². The van der Waals surface area contributed by atoms with Crippen molar-refractivity contribution in [3.8, 4) is 0 Å². The van der Waals surface area contributed by atoms with Crippen molar-refractivity contribution in [2.45, 2.75) is 32.6 Å². The van der Waals surface area contributed by atoms with E-state index in [-0.39, 0.29) is 11.8 Å². The summed E-state index contributed by atoms with van der Waals surface area (Å²) in [6, 6.07) is 11.9. The van der Waals surface area contributed by atoms with Crippen LogP contribution in [-0.2, 0) is 11.2 Å². The van der Waals surface area contributed by atoms with E-state index in [1.165, 1.54) is 5.56 Å². The molecule has 1 saturated heterocycles. The first kappa shape index (κ1) is 18.6. The molecule has 0 spiro atoms. The zero-order valence-corrected chi connectivity index (χ0v) is 16.3. The van der Waals surface area contributed by atoms with Gasteiger partial charge in [-0.15, -0.1) is 11.3 Å². The molecule has 0 unspecified atom stereocenters. The summed E-state index contributed by atoms with van der Waals surface area (Å²) in [5.74, 6) is 0.677. The van der Waals surface area contributed by atoms with Crippen molar-refractivity contribution in [1.29, 1.82) is 0 Å². The van der Waals surface area contributed by atoms with E-state index in [9.17, 15) is 9.59 Å². The van der Waals surface area contributed by atoms with Gasteiger partial charge in [0.25, 0.3) is 5.91 Å². The van der Waals surface area contributed by atoms with Gasteiger partial charge in [-0.1, -0.05) is 32.0 Å². The first-order valence-electron chi connectivity index (χ1n) is 9.24. The van der Waals surface area contributed by atoms with Crippen LogP contribution in [0.15, 0.2) is 41.8 Å². The standard InChI is InChI=1S/C21H26N2O2S/c1-16(2)17-6-8-18(9-7-17)21(25)23-11-4-10-22(12-13-23)20(24)15-19-5-3-14-26-19/h3,5-9,14,16H,4,10-13,15H2,1-2H3. The Labute approximate surface area is 159 Å². The Morgan fingerprint density at radius 3 is 2.35 bits per heavy atom. The van der Waals surface area contributed by atoms with Crippen LogP contribution in [0.3, 0.4) is 0 Å². The number of carbonyl (C=O) groups excluding carboxylic acids is 2. The van der Waals surface area contributed by atoms with Crippen molar-refractivity contribution >= 4 is 23.2 Å². The van der Waals surface area contributed by atoms with Gasteiger partial charge in [0, 0.05) is 36.6 Å². The molecule has 138 valence electrons. The smallest absolute Gasteiger partial charge is 0.253 e. The molecule has 0 bridgehead atoms. The molecule has 2 heterocycles. The van der Waals surface area contributed by atoms with Gasteiger partial charge in [-0.05, 0) is 41.5 Å². The molecule has 0 atom stereocenters. The van der Waals surface area contributed by atoms with Gasteiger partial charge >= 0.3 is 0 Å². The van der Waals surface area contributed by atoms with Gasteiger partial charge in [0.15, 0.2) is 0 Å². The summed E-state index contributed by atoms with van der Waals surface area (Å²) in [7, 11) is 0. The first-order chi connectivity index (χ1) is 12.5. The van der Waals surface area contributed by atoms with Gasteiger partial charge in [-0.2, -0.15) is 0 Å². The van der Waals surface area contributed by atoms with Crippen LogP contribution in [0.1, 0.15) is 47.0 Å². The maximum Gasteiger partial charge on any atom is 0.253 e. The van der Waals surface area contributed by atoms with Crippen LogP contribution in [0.4, 0.5) is 0 Å². The fraction of sp³-hybridized carbons (Fsp3) is 0.429. The van der Waals surface area contributed by atoms with Crippen LogP contribution in [0, 0.1) is 0 Å². The van der Waals surface area contributed by atoms with Crippen LogP contribution in [0.2, 0.25) is 0 Å². The fourth-order valence-electron chi connectivity index (χ4n) is 3.24. The molecule has 0 saturated carbocycles. The maximum absolute atomic E-state index is 12.8. The molecule has 1 aliphatic rings. The Morgan fingerprint density at radius 1 is 1.00 bits per heavy atom. The Morgan fingerprint density at radius 2 is 1.69 bits per heavy atom. The molecule has 2 amide bonds. The fourth-order valence-corrected chi connectivity index (χ4v) is 3.93. The quantitative estimate of drug-likeness (QED) is 0.822. The minimum absolute atomic E-state index is 0.0628. The number of rotatable bonds is 4. The predicted octanol–water partition coefficient (Wildman–Crippen LogP) is 3.79. The molecular formula is C21H26N2O2S. The minimum atomic E-state index is 0.0628. The zero-order chi connectivity index (χ0) is 18.5. The molecule has 3 rings (SSSR count). The van der Waals surface area contributed by atoms with Crippen molar-refractivity contribution in [2.24, 2.45) is 0 Å². The number of carbonyl (C=O) groups is 2. The van der Waals surface area contributed by atoms with E-state index in [1.807, 2.05) is 51.6 Å². The van der Waals surface area contributed by atoms with Crippen molar-refractivity contribution in [3.05, 3.63) is 57.8 Å². The highest BCUT2D eigenvalue weighted by atomic mass is 32.1. The van der Waals surface area contributed by atoms with Crippen molar-refractivity contribution in [3.63, 3.8) is 0 Å². The van der Waals surface area contributed by atoms with E-state index in [1.54, 1.807) is 11.3 Å². The molecule has 1 fully saturated rings. The van der Waals surface area contributed by atoms with E-state index in [0.29, 0.717) is 32.0 Å². The van der Waals surface area contributed by atoms with Crippen LogP contribution >= 0.6 is 11.3 Å². The maximum atomic E-state index is 12.8. The van der Waals surface area contributed by atoms with Crippen molar-refractivity contribution < 1.29 is 9.59 Å². The molecule has 1 aromatic carbocycles. The number of nitrogens with zero attached hydrogens (tertiary/aromatic N) is 2. The highest BCUT2D eigenvalue weighted by Crippen LogP contribution is 2.17. The lowest BCUT2D eigenvalue weighted by Crippen LogP contribution is -2.37. The molecule has 0 N–H and O–H groups in total. The third-order valence-corrected chi connectivity index (χ3v) is 5.74. The lowest BCUT2D eigenvalue weighted by atomic mass is 10.0. The molecule has 1 aromatic heterocycles. The minimum Gasteiger partial charge on any atom is -0.341 e. The largest absolute Gasteiger partial charge is 0.341 e. The van der Waals surface area contributed by atoms with E-state index in [2.05, 4.69) is 13.8 Å². The van der Waals surface area contributed by atoms with Crippen LogP contribution in [-0.4, -0.2) is 47.8 Å². The Kier molecular flexibility index (Phi) is 6.09. The first-order valence-corrected chi connectivity index (χ1v) is 10.1. The SMILES string of the molecule is CC(C)c1ccc(C(=O)N2CCCN(C(=O)Cc3cccs3)CC2)cc1. The van der Waals surface area contributed by atoms with E-state index in [4.69, 9.17) is 0 Å². The Bertz CT molecular complexity index is 738. The number of hydrogen-bond donors (Lipinski definition) is 0. The second-order valence-electron chi connectivity index (χ2n) is 7.06. The summed E-state index contributed by atoms with van der Waals surface area (Å²) in [5, 5.41) is 2.00. The van der Waals surface area contributed by atoms with Crippen LogP contribution < -0.4 is 0 Å². The van der Waals surface area contributed by atoms with E-state index >= 15 is 0 Å². The number of hydrogen-bond acceptors (Lipinski definition) is 3. The molecule has 5 heteroatoms. The van der Waals surface area contributed by atoms with Crippen molar-refractivity contribution in [2.75, 3.05) is 26.2 Å². The van der Waals surface area contributed by atoms with Crippen molar-refractivity contribution in [1.82, 2.24) is 9.80 Å². The summed E-state index contributed by atoms with van der Waals surface area (Å²) in [5.41, 5.74) is 1.97. The summed E-state index contributed by atoms with van der Waals surface area (Å²) in [4.78, 5) is 30.2. The monoisotopic (exact) mass is 370 g/mol. The molecule has 26 heavy (non-hydrogen) atoms.